The Kier molecular flexibility index (Phi) is 3.61. The third-order valence-corrected chi connectivity index (χ3v) is 3.24. The summed E-state index contributed by atoms with van der Waals surface area (Å²) in [5, 5.41) is 2.78. The first kappa shape index (κ1) is 13.0. The smallest absolute Gasteiger partial charge is 0.251 e. The molecule has 1 atom stereocenters. The number of thiocarbonyl (C=S) groups is 1. The van der Waals surface area contributed by atoms with Gasteiger partial charge in [-0.2, -0.15) is 0 Å². The molecule has 0 aromatic heterocycles. The highest BCUT2D eigenvalue weighted by molar-refractivity contribution is 7.80. The van der Waals surface area contributed by atoms with Gasteiger partial charge in [-0.1, -0.05) is 12.2 Å². The van der Waals surface area contributed by atoms with Crippen LogP contribution in [0, 0.1) is 18.7 Å². The standard InChI is InChI=1S/C13H15FN2OS/c1-7-4-9(6-10(14)5-7)13(17)16-11(12(15)18)8-2-3-8/h4-6,8,11H,2-3H2,1H3,(H2,15,18)(H,16,17). The van der Waals surface area contributed by atoms with Crippen molar-refractivity contribution in [3.05, 3.63) is 35.1 Å². The van der Waals surface area contributed by atoms with E-state index in [0.717, 1.165) is 12.8 Å². The number of amides is 1. The van der Waals surface area contributed by atoms with Crippen LogP contribution in [0.2, 0.25) is 0 Å². The van der Waals surface area contributed by atoms with Crippen LogP contribution >= 0.6 is 12.2 Å². The van der Waals surface area contributed by atoms with Crippen molar-refractivity contribution in [2.45, 2.75) is 25.8 Å². The monoisotopic (exact) mass is 266 g/mol. The fraction of sp³-hybridized carbons (Fsp3) is 0.385. The lowest BCUT2D eigenvalue weighted by molar-refractivity contribution is 0.0943. The van der Waals surface area contributed by atoms with Crippen LogP contribution in [0.3, 0.4) is 0 Å². The molecule has 1 unspecified atom stereocenters. The average molecular weight is 266 g/mol. The van der Waals surface area contributed by atoms with Crippen molar-refractivity contribution >= 4 is 23.1 Å². The maximum absolute atomic E-state index is 13.2. The summed E-state index contributed by atoms with van der Waals surface area (Å²) in [6.07, 6.45) is 2.04. The Bertz CT molecular complexity index is 480. The van der Waals surface area contributed by atoms with Crippen LogP contribution in [-0.4, -0.2) is 16.9 Å². The molecule has 96 valence electrons. The normalized spacial score (nSPS) is 16.1. The van der Waals surface area contributed by atoms with Gasteiger partial charge in [0.25, 0.3) is 5.91 Å². The predicted octanol–water partition coefficient (Wildman–Crippen LogP) is 1.93. The predicted molar refractivity (Wildman–Crippen MR) is 71.9 cm³/mol. The molecule has 18 heavy (non-hydrogen) atoms. The van der Waals surface area contributed by atoms with Crippen LogP contribution in [0.15, 0.2) is 18.2 Å². The molecule has 1 aliphatic rings. The van der Waals surface area contributed by atoms with E-state index in [1.54, 1.807) is 13.0 Å². The van der Waals surface area contributed by atoms with E-state index < -0.39 is 5.82 Å². The van der Waals surface area contributed by atoms with E-state index in [1.807, 2.05) is 0 Å². The van der Waals surface area contributed by atoms with Gasteiger partial charge in [0.15, 0.2) is 0 Å². The third-order valence-electron chi connectivity index (χ3n) is 2.99. The summed E-state index contributed by atoms with van der Waals surface area (Å²) in [6.45, 7) is 1.74. The third kappa shape index (κ3) is 3.04. The number of carbonyl (C=O) groups excluding carboxylic acids is 1. The van der Waals surface area contributed by atoms with Gasteiger partial charge < -0.3 is 11.1 Å². The van der Waals surface area contributed by atoms with Gasteiger partial charge in [-0.25, -0.2) is 4.39 Å². The minimum Gasteiger partial charge on any atom is -0.392 e. The zero-order chi connectivity index (χ0) is 13.3. The molecular formula is C13H15FN2OS. The quantitative estimate of drug-likeness (QED) is 0.819. The van der Waals surface area contributed by atoms with Crippen LogP contribution in [0.25, 0.3) is 0 Å². The Balaban J connectivity index is 2.13. The van der Waals surface area contributed by atoms with E-state index in [9.17, 15) is 9.18 Å². The van der Waals surface area contributed by atoms with E-state index in [4.69, 9.17) is 18.0 Å². The van der Waals surface area contributed by atoms with E-state index in [1.165, 1.54) is 12.1 Å². The topological polar surface area (TPSA) is 55.1 Å². The van der Waals surface area contributed by atoms with Crippen molar-refractivity contribution in [1.82, 2.24) is 5.32 Å². The van der Waals surface area contributed by atoms with E-state index in [0.29, 0.717) is 22.0 Å². The summed E-state index contributed by atoms with van der Waals surface area (Å²) in [4.78, 5) is 12.3. The molecule has 0 saturated heterocycles. The molecule has 2 rings (SSSR count). The molecule has 3 nitrogen and oxygen atoms in total. The molecule has 3 N–H and O–H groups in total. The van der Waals surface area contributed by atoms with Crippen molar-refractivity contribution in [3.8, 4) is 0 Å². The van der Waals surface area contributed by atoms with Crippen molar-refractivity contribution < 1.29 is 9.18 Å². The van der Waals surface area contributed by atoms with E-state index in [-0.39, 0.29) is 11.9 Å². The zero-order valence-corrected chi connectivity index (χ0v) is 10.9. The van der Waals surface area contributed by atoms with Gasteiger partial charge in [0.1, 0.15) is 5.82 Å². The fourth-order valence-corrected chi connectivity index (χ4v) is 2.19. The average Bonchev–Trinajstić information content (AvgIpc) is 3.07. The van der Waals surface area contributed by atoms with Gasteiger partial charge in [-0.3, -0.25) is 4.79 Å². The van der Waals surface area contributed by atoms with Crippen LogP contribution < -0.4 is 11.1 Å². The number of halogens is 1. The molecule has 5 heteroatoms. The Hall–Kier alpha value is -1.49. The molecule has 0 radical (unpaired) electrons. The Labute approximate surface area is 111 Å². The van der Waals surface area contributed by atoms with E-state index >= 15 is 0 Å². The highest BCUT2D eigenvalue weighted by Crippen LogP contribution is 2.32. The van der Waals surface area contributed by atoms with Crippen LogP contribution in [0.1, 0.15) is 28.8 Å². The fourth-order valence-electron chi connectivity index (χ4n) is 1.94. The van der Waals surface area contributed by atoms with Gasteiger partial charge in [0, 0.05) is 5.56 Å². The van der Waals surface area contributed by atoms with Crippen molar-refractivity contribution in [1.29, 1.82) is 0 Å². The number of rotatable bonds is 4. The largest absolute Gasteiger partial charge is 0.392 e. The Morgan fingerprint density at radius 2 is 2.17 bits per heavy atom. The van der Waals surface area contributed by atoms with Gasteiger partial charge >= 0.3 is 0 Å². The van der Waals surface area contributed by atoms with Crippen molar-refractivity contribution in [2.24, 2.45) is 11.7 Å². The number of hydrogen-bond donors (Lipinski definition) is 2. The number of nitrogens with two attached hydrogens (primary N) is 1. The second-order valence-corrected chi connectivity index (χ2v) is 5.18. The minimum absolute atomic E-state index is 0.281. The number of benzene rings is 1. The first-order chi connectivity index (χ1) is 8.47. The van der Waals surface area contributed by atoms with E-state index in [2.05, 4.69) is 5.32 Å². The molecule has 1 saturated carbocycles. The molecule has 1 aromatic rings. The van der Waals surface area contributed by atoms with Gasteiger partial charge in [-0.15, -0.1) is 0 Å². The maximum Gasteiger partial charge on any atom is 0.251 e. The highest BCUT2D eigenvalue weighted by Gasteiger charge is 2.34. The maximum atomic E-state index is 13.2. The SMILES string of the molecule is Cc1cc(F)cc(C(=O)NC(C(N)=S)C2CC2)c1. The first-order valence-electron chi connectivity index (χ1n) is 5.85. The summed E-state index contributed by atoms with van der Waals surface area (Å²) >= 11 is 4.94. The summed E-state index contributed by atoms with van der Waals surface area (Å²) in [6, 6.07) is 3.95. The molecule has 0 aliphatic heterocycles. The molecule has 1 aliphatic carbocycles. The zero-order valence-electron chi connectivity index (χ0n) is 10.1. The number of hydrogen-bond acceptors (Lipinski definition) is 2. The van der Waals surface area contributed by atoms with Gasteiger partial charge in [0.05, 0.1) is 11.0 Å². The van der Waals surface area contributed by atoms with Crippen molar-refractivity contribution in [2.75, 3.05) is 0 Å². The lowest BCUT2D eigenvalue weighted by Crippen LogP contribution is -2.45. The second kappa shape index (κ2) is 5.02. The number of nitrogens with one attached hydrogen (secondary N) is 1. The lowest BCUT2D eigenvalue weighted by Gasteiger charge is -2.16. The molecule has 0 bridgehead atoms. The highest BCUT2D eigenvalue weighted by atomic mass is 32.1. The summed E-state index contributed by atoms with van der Waals surface area (Å²) in [5.74, 6) is -0.415. The molecular weight excluding hydrogens is 251 g/mol. The number of aryl methyl sites for hydroxylation is 1. The number of carbonyl (C=O) groups is 1. The lowest BCUT2D eigenvalue weighted by atomic mass is 10.1. The minimum atomic E-state index is -0.418. The van der Waals surface area contributed by atoms with Gasteiger partial charge in [0.2, 0.25) is 0 Å². The molecule has 1 aromatic carbocycles. The molecule has 1 fully saturated rings. The van der Waals surface area contributed by atoms with Crippen LogP contribution in [-0.2, 0) is 0 Å². The summed E-state index contributed by atoms with van der Waals surface area (Å²) < 4.78 is 13.2. The van der Waals surface area contributed by atoms with Gasteiger partial charge in [-0.05, 0) is 49.4 Å². The molecule has 0 heterocycles. The summed E-state index contributed by atoms with van der Waals surface area (Å²) in [7, 11) is 0. The Morgan fingerprint density at radius 1 is 1.50 bits per heavy atom. The van der Waals surface area contributed by atoms with Crippen LogP contribution in [0.4, 0.5) is 4.39 Å². The second-order valence-electron chi connectivity index (χ2n) is 4.71. The van der Waals surface area contributed by atoms with Crippen molar-refractivity contribution in [3.63, 3.8) is 0 Å². The molecule has 1 amide bonds. The molecule has 0 spiro atoms. The Morgan fingerprint density at radius 3 is 2.67 bits per heavy atom. The first-order valence-corrected chi connectivity index (χ1v) is 6.25. The van der Waals surface area contributed by atoms with Crippen LogP contribution in [0.5, 0.6) is 0 Å². The summed E-state index contributed by atoms with van der Waals surface area (Å²) in [5.41, 5.74) is 6.61.